The number of aliphatic carboxylic acids is 1. The Morgan fingerprint density at radius 2 is 2.32 bits per heavy atom. The van der Waals surface area contributed by atoms with Gasteiger partial charge in [0.2, 0.25) is 0 Å². The zero-order chi connectivity index (χ0) is 14.3. The third-order valence-electron chi connectivity index (χ3n) is 2.64. The maximum atomic E-state index is 10.6. The van der Waals surface area contributed by atoms with Crippen molar-refractivity contribution in [2.45, 2.75) is 44.8 Å². The molecule has 6 heteroatoms. The standard InChI is InChI=1S/C13H22N2O3S/c1-4-18-7-5-6-15-11(10(2)3)8-14-13(15)19-9-12(16)17/h8,10H,4-7,9H2,1-3H3,(H,16,17). The topological polar surface area (TPSA) is 64.4 Å². The number of hydrogen-bond acceptors (Lipinski definition) is 4. The lowest BCUT2D eigenvalue weighted by Gasteiger charge is -2.13. The van der Waals surface area contributed by atoms with Crippen LogP contribution in [0.5, 0.6) is 0 Å². The van der Waals surface area contributed by atoms with Crippen LogP contribution in [0.4, 0.5) is 0 Å². The van der Waals surface area contributed by atoms with Crippen molar-refractivity contribution in [2.24, 2.45) is 0 Å². The van der Waals surface area contributed by atoms with E-state index in [0.717, 1.165) is 37.0 Å². The summed E-state index contributed by atoms with van der Waals surface area (Å²) in [5.74, 6) is -0.404. The van der Waals surface area contributed by atoms with Gasteiger partial charge < -0.3 is 14.4 Å². The third-order valence-corrected chi connectivity index (χ3v) is 3.62. The van der Waals surface area contributed by atoms with E-state index in [1.54, 1.807) is 0 Å². The van der Waals surface area contributed by atoms with Gasteiger partial charge in [0.05, 0.1) is 5.75 Å². The third kappa shape index (κ3) is 5.24. The fourth-order valence-corrected chi connectivity index (χ4v) is 2.50. The Morgan fingerprint density at radius 1 is 1.58 bits per heavy atom. The van der Waals surface area contributed by atoms with E-state index in [2.05, 4.69) is 23.4 Å². The van der Waals surface area contributed by atoms with Crippen molar-refractivity contribution < 1.29 is 14.6 Å². The zero-order valence-corrected chi connectivity index (χ0v) is 12.6. The average molecular weight is 286 g/mol. The van der Waals surface area contributed by atoms with E-state index in [4.69, 9.17) is 9.84 Å². The Hall–Kier alpha value is -1.01. The normalized spacial score (nSPS) is 11.2. The van der Waals surface area contributed by atoms with Crippen LogP contribution in [0.1, 0.15) is 38.8 Å². The van der Waals surface area contributed by atoms with Gasteiger partial charge >= 0.3 is 5.97 Å². The Bertz CT molecular complexity index is 405. The second-order valence-corrected chi connectivity index (χ2v) is 5.45. The summed E-state index contributed by atoms with van der Waals surface area (Å²) < 4.78 is 7.44. The highest BCUT2D eigenvalue weighted by atomic mass is 32.2. The summed E-state index contributed by atoms with van der Waals surface area (Å²) in [7, 11) is 0. The molecule has 1 aromatic rings. The second kappa shape index (κ2) is 8.22. The van der Waals surface area contributed by atoms with E-state index in [9.17, 15) is 4.79 Å². The Labute approximate surface area is 118 Å². The number of thioether (sulfide) groups is 1. The number of carbonyl (C=O) groups is 1. The number of nitrogens with zero attached hydrogens (tertiary/aromatic N) is 2. The van der Waals surface area contributed by atoms with E-state index in [-0.39, 0.29) is 5.75 Å². The molecule has 0 saturated heterocycles. The molecule has 1 N–H and O–H groups in total. The zero-order valence-electron chi connectivity index (χ0n) is 11.8. The highest BCUT2D eigenvalue weighted by Gasteiger charge is 2.14. The van der Waals surface area contributed by atoms with Crippen molar-refractivity contribution in [2.75, 3.05) is 19.0 Å². The number of carboxylic acids is 1. The minimum atomic E-state index is -0.819. The number of carboxylic acid groups (broad SMARTS) is 1. The van der Waals surface area contributed by atoms with Gasteiger partial charge in [0.1, 0.15) is 0 Å². The van der Waals surface area contributed by atoms with Gasteiger partial charge in [0.15, 0.2) is 5.16 Å². The monoisotopic (exact) mass is 286 g/mol. The van der Waals surface area contributed by atoms with Crippen molar-refractivity contribution in [3.63, 3.8) is 0 Å². The van der Waals surface area contributed by atoms with Crippen LogP contribution in [0.2, 0.25) is 0 Å². The van der Waals surface area contributed by atoms with Gasteiger partial charge in [-0.15, -0.1) is 0 Å². The molecule has 0 spiro atoms. The molecule has 1 aromatic heterocycles. The predicted molar refractivity (Wildman–Crippen MR) is 75.8 cm³/mol. The summed E-state index contributed by atoms with van der Waals surface area (Å²) in [6.45, 7) is 8.46. The molecule has 0 amide bonds. The van der Waals surface area contributed by atoms with Crippen LogP contribution in [-0.2, 0) is 16.1 Å². The summed E-state index contributed by atoms with van der Waals surface area (Å²) in [6, 6.07) is 0. The molecule has 5 nitrogen and oxygen atoms in total. The maximum Gasteiger partial charge on any atom is 0.313 e. The van der Waals surface area contributed by atoms with Gasteiger partial charge in [0, 0.05) is 31.6 Å². The SMILES string of the molecule is CCOCCCn1c(C(C)C)cnc1SCC(=O)O. The molecule has 0 saturated carbocycles. The van der Waals surface area contributed by atoms with Crippen molar-refractivity contribution in [3.8, 4) is 0 Å². The van der Waals surface area contributed by atoms with Crippen LogP contribution in [0.25, 0.3) is 0 Å². The minimum Gasteiger partial charge on any atom is -0.481 e. The van der Waals surface area contributed by atoms with Crippen LogP contribution in [0.15, 0.2) is 11.4 Å². The lowest BCUT2D eigenvalue weighted by atomic mass is 10.1. The smallest absolute Gasteiger partial charge is 0.313 e. The summed E-state index contributed by atoms with van der Waals surface area (Å²) in [4.78, 5) is 15.0. The number of aromatic nitrogens is 2. The molecule has 108 valence electrons. The molecule has 1 heterocycles. The number of hydrogen-bond donors (Lipinski definition) is 1. The van der Waals surface area contributed by atoms with Gasteiger partial charge in [-0.05, 0) is 19.3 Å². The summed E-state index contributed by atoms with van der Waals surface area (Å²) in [5.41, 5.74) is 1.14. The molecular formula is C13H22N2O3S. The highest BCUT2D eigenvalue weighted by Crippen LogP contribution is 2.23. The quantitative estimate of drug-likeness (QED) is 0.558. The van der Waals surface area contributed by atoms with Crippen LogP contribution in [0, 0.1) is 0 Å². The number of ether oxygens (including phenoxy) is 1. The van der Waals surface area contributed by atoms with Crippen molar-refractivity contribution in [3.05, 3.63) is 11.9 Å². The van der Waals surface area contributed by atoms with Gasteiger partial charge in [-0.25, -0.2) is 4.98 Å². The number of imidazole rings is 1. The van der Waals surface area contributed by atoms with Crippen LogP contribution >= 0.6 is 11.8 Å². The number of rotatable bonds is 9. The second-order valence-electron chi connectivity index (χ2n) is 4.50. The predicted octanol–water partition coefficient (Wildman–Crippen LogP) is 2.61. The van der Waals surface area contributed by atoms with E-state index in [1.807, 2.05) is 13.1 Å². The molecule has 0 aromatic carbocycles. The molecule has 1 rings (SSSR count). The van der Waals surface area contributed by atoms with E-state index in [1.165, 1.54) is 11.8 Å². The van der Waals surface area contributed by atoms with E-state index in [0.29, 0.717) is 5.92 Å². The molecule has 19 heavy (non-hydrogen) atoms. The van der Waals surface area contributed by atoms with E-state index < -0.39 is 5.97 Å². The molecule has 0 atom stereocenters. The molecule has 0 aliphatic carbocycles. The minimum absolute atomic E-state index is 0.0417. The molecule has 0 fully saturated rings. The van der Waals surface area contributed by atoms with Gasteiger partial charge in [-0.1, -0.05) is 25.6 Å². The van der Waals surface area contributed by atoms with Gasteiger partial charge in [0.25, 0.3) is 0 Å². The van der Waals surface area contributed by atoms with Crippen molar-refractivity contribution in [1.82, 2.24) is 9.55 Å². The van der Waals surface area contributed by atoms with Crippen LogP contribution < -0.4 is 0 Å². The van der Waals surface area contributed by atoms with E-state index >= 15 is 0 Å². The molecule has 0 radical (unpaired) electrons. The first-order valence-electron chi connectivity index (χ1n) is 6.54. The first-order chi connectivity index (χ1) is 9.06. The summed E-state index contributed by atoms with van der Waals surface area (Å²) in [6.07, 6.45) is 2.75. The van der Waals surface area contributed by atoms with Crippen LogP contribution in [-0.4, -0.2) is 39.6 Å². The van der Waals surface area contributed by atoms with Crippen molar-refractivity contribution in [1.29, 1.82) is 0 Å². The Balaban J connectivity index is 2.70. The fourth-order valence-electron chi connectivity index (χ4n) is 1.77. The molecule has 0 unspecified atom stereocenters. The highest BCUT2D eigenvalue weighted by molar-refractivity contribution is 7.99. The van der Waals surface area contributed by atoms with Crippen molar-refractivity contribution >= 4 is 17.7 Å². The average Bonchev–Trinajstić information content (AvgIpc) is 2.75. The van der Waals surface area contributed by atoms with Gasteiger partial charge in [-0.2, -0.15) is 0 Å². The summed E-state index contributed by atoms with van der Waals surface area (Å²) >= 11 is 1.27. The fraction of sp³-hybridized carbons (Fsp3) is 0.692. The first kappa shape index (κ1) is 16.0. The molecule has 0 bridgehead atoms. The lowest BCUT2D eigenvalue weighted by molar-refractivity contribution is -0.133. The van der Waals surface area contributed by atoms with Crippen LogP contribution in [0.3, 0.4) is 0 Å². The Morgan fingerprint density at radius 3 is 2.89 bits per heavy atom. The summed E-state index contributed by atoms with van der Waals surface area (Å²) in [5, 5.41) is 9.53. The largest absolute Gasteiger partial charge is 0.481 e. The molecule has 0 aliphatic heterocycles. The first-order valence-corrected chi connectivity index (χ1v) is 7.52. The maximum absolute atomic E-state index is 10.6. The molecular weight excluding hydrogens is 264 g/mol. The molecule has 0 aliphatic rings. The lowest BCUT2D eigenvalue weighted by Crippen LogP contribution is -2.09. The van der Waals surface area contributed by atoms with Gasteiger partial charge in [-0.3, -0.25) is 4.79 Å². The Kier molecular flexibility index (Phi) is 6.94.